The first-order chi connectivity index (χ1) is 23.7. The molecular weight excluding hydrogens is 654 g/mol. The van der Waals surface area contributed by atoms with Crippen LogP contribution in [0, 0.1) is 5.41 Å². The molecule has 0 aliphatic heterocycles. The number of carbonyl (C=O) groups excluding carboxylic acids is 6. The third-order valence-electron chi connectivity index (χ3n) is 7.12. The minimum atomic E-state index is -0.622. The highest BCUT2D eigenvalue weighted by Gasteiger charge is 2.28. The summed E-state index contributed by atoms with van der Waals surface area (Å²) in [5, 5.41) is 8.03. The van der Waals surface area contributed by atoms with Crippen LogP contribution in [-0.4, -0.2) is 115 Å². The van der Waals surface area contributed by atoms with Crippen LogP contribution in [0.2, 0.25) is 0 Å². The first kappa shape index (κ1) is 45.9. The number of amides is 3. The quantitative estimate of drug-likeness (QED) is 0.0426. The minimum Gasteiger partial charge on any atom is -0.452 e. The summed E-state index contributed by atoms with van der Waals surface area (Å²) in [4.78, 5) is 69.8. The summed E-state index contributed by atoms with van der Waals surface area (Å²) >= 11 is 0. The number of rotatable bonds is 30. The zero-order chi connectivity index (χ0) is 37.8. The van der Waals surface area contributed by atoms with Crippen LogP contribution in [0.3, 0.4) is 0 Å². The molecule has 0 spiro atoms. The lowest BCUT2D eigenvalue weighted by atomic mass is 9.80. The summed E-state index contributed by atoms with van der Waals surface area (Å²) in [5.41, 5.74) is 0.411. The highest BCUT2D eigenvalue weighted by Crippen LogP contribution is 2.31. The van der Waals surface area contributed by atoms with Gasteiger partial charge in [0.1, 0.15) is 0 Å². The zero-order valence-corrected chi connectivity index (χ0v) is 30.2. The van der Waals surface area contributed by atoms with Crippen LogP contribution in [0.1, 0.15) is 66.2 Å². The van der Waals surface area contributed by atoms with Crippen LogP contribution in [-0.2, 0) is 57.2 Å². The van der Waals surface area contributed by atoms with Crippen molar-refractivity contribution in [2.75, 3.05) is 79.1 Å². The van der Waals surface area contributed by atoms with Gasteiger partial charge in [-0.3, -0.25) is 14.4 Å². The predicted octanol–water partition coefficient (Wildman–Crippen LogP) is 2.09. The molecule has 3 N–H and O–H groups in total. The number of carbonyl (C=O) groups is 6. The van der Waals surface area contributed by atoms with Crippen LogP contribution in [0.4, 0.5) is 0 Å². The summed E-state index contributed by atoms with van der Waals surface area (Å²) in [5.74, 6) is -3.07. The third-order valence-corrected chi connectivity index (χ3v) is 7.12. The van der Waals surface area contributed by atoms with Gasteiger partial charge in [-0.15, -0.1) is 0 Å². The van der Waals surface area contributed by atoms with E-state index < -0.39 is 35.6 Å². The van der Waals surface area contributed by atoms with Gasteiger partial charge in [0.2, 0.25) is 0 Å². The molecule has 0 unspecified atom stereocenters. The van der Waals surface area contributed by atoms with Crippen molar-refractivity contribution in [2.24, 2.45) is 5.41 Å². The molecule has 284 valence electrons. The van der Waals surface area contributed by atoms with Crippen molar-refractivity contribution in [1.29, 1.82) is 0 Å². The fourth-order valence-corrected chi connectivity index (χ4v) is 3.92. The average molecular weight is 712 g/mol. The van der Waals surface area contributed by atoms with Gasteiger partial charge in [-0.2, -0.15) is 0 Å². The second kappa shape index (κ2) is 27.7. The third kappa shape index (κ3) is 24.1. The molecule has 0 aliphatic rings. The monoisotopic (exact) mass is 711 g/mol. The number of nitrogens with one attached hydrogen (secondary N) is 3. The lowest BCUT2D eigenvalue weighted by Crippen LogP contribution is -2.32. The van der Waals surface area contributed by atoms with Gasteiger partial charge in [-0.25, -0.2) is 14.4 Å². The molecule has 0 fully saturated rings. The predicted molar refractivity (Wildman–Crippen MR) is 185 cm³/mol. The van der Waals surface area contributed by atoms with Crippen molar-refractivity contribution in [3.05, 3.63) is 36.5 Å². The molecule has 0 radical (unpaired) electrons. The Morgan fingerprint density at radius 2 is 0.840 bits per heavy atom. The van der Waals surface area contributed by atoms with E-state index in [1.54, 1.807) is 0 Å². The fraction of sp³-hybridized carbons (Fsp3) is 0.657. The molecular formula is C35H57N3O12. The summed E-state index contributed by atoms with van der Waals surface area (Å²) in [6.07, 6.45) is 3.89. The molecule has 0 aromatic carbocycles. The second-order valence-corrected chi connectivity index (χ2v) is 11.8. The van der Waals surface area contributed by atoms with Gasteiger partial charge in [-0.05, 0) is 64.7 Å². The summed E-state index contributed by atoms with van der Waals surface area (Å²) in [7, 11) is 0. The van der Waals surface area contributed by atoms with Gasteiger partial charge < -0.3 is 44.4 Å². The Morgan fingerprint density at radius 3 is 1.14 bits per heavy atom. The summed E-state index contributed by atoms with van der Waals surface area (Å²) < 4.78 is 32.2. The minimum absolute atomic E-state index is 0.217. The van der Waals surface area contributed by atoms with Crippen LogP contribution < -0.4 is 16.0 Å². The van der Waals surface area contributed by atoms with E-state index in [0.717, 1.165) is 6.42 Å². The standard InChI is InChI=1S/C35H57N3O12/c1-8-35(25-47-19-11-16-38-31(41)24-50-34(44)28(6)7,12-20-45-17-9-14-36-29(39)22-48-32(42)26(2)3)13-21-46-18-10-15-37-30(40)23-49-33(43)27(4)5/h2,4,6,8-25H2,1,3,5,7H3,(H,36,39)(H,37,40)(H,38,41). The molecule has 0 heterocycles. The van der Waals surface area contributed by atoms with E-state index in [0.29, 0.717) is 91.4 Å². The Hall–Kier alpha value is -4.08. The molecule has 0 rings (SSSR count). The smallest absolute Gasteiger partial charge is 0.333 e. The molecule has 15 heteroatoms. The van der Waals surface area contributed by atoms with Crippen molar-refractivity contribution in [2.45, 2.75) is 66.2 Å². The lowest BCUT2D eigenvalue weighted by molar-refractivity contribution is -0.144. The molecule has 0 saturated carbocycles. The molecule has 50 heavy (non-hydrogen) atoms. The van der Waals surface area contributed by atoms with Gasteiger partial charge in [0.15, 0.2) is 19.8 Å². The Labute approximate surface area is 295 Å². The maximum absolute atomic E-state index is 11.9. The van der Waals surface area contributed by atoms with E-state index in [4.69, 9.17) is 28.4 Å². The number of esters is 3. The van der Waals surface area contributed by atoms with Crippen molar-refractivity contribution in [3.8, 4) is 0 Å². The van der Waals surface area contributed by atoms with Crippen LogP contribution in [0.25, 0.3) is 0 Å². The van der Waals surface area contributed by atoms with E-state index >= 15 is 0 Å². The lowest BCUT2D eigenvalue weighted by Gasteiger charge is -2.33. The van der Waals surface area contributed by atoms with E-state index in [-0.39, 0.29) is 42.0 Å². The van der Waals surface area contributed by atoms with Gasteiger partial charge in [0, 0.05) is 69.4 Å². The second-order valence-electron chi connectivity index (χ2n) is 11.8. The number of ether oxygens (including phenoxy) is 6. The normalized spacial score (nSPS) is 10.8. The average Bonchev–Trinajstić information content (AvgIpc) is 3.08. The van der Waals surface area contributed by atoms with Gasteiger partial charge >= 0.3 is 17.9 Å². The Bertz CT molecular complexity index is 1080. The van der Waals surface area contributed by atoms with Crippen molar-refractivity contribution in [3.63, 3.8) is 0 Å². The molecule has 0 saturated heterocycles. The first-order valence-electron chi connectivity index (χ1n) is 16.7. The van der Waals surface area contributed by atoms with E-state index in [9.17, 15) is 28.8 Å². The molecule has 0 aromatic rings. The maximum atomic E-state index is 11.9. The van der Waals surface area contributed by atoms with Crippen LogP contribution in [0.5, 0.6) is 0 Å². The van der Waals surface area contributed by atoms with Gasteiger partial charge in [0.05, 0.1) is 6.61 Å². The molecule has 0 aromatic heterocycles. The van der Waals surface area contributed by atoms with Crippen molar-refractivity contribution < 1.29 is 57.2 Å². The fourth-order valence-electron chi connectivity index (χ4n) is 3.92. The Balaban J connectivity index is 4.64. The molecule has 0 bridgehead atoms. The molecule has 0 aliphatic carbocycles. The van der Waals surface area contributed by atoms with E-state index in [2.05, 4.69) is 42.6 Å². The maximum Gasteiger partial charge on any atom is 0.333 e. The molecule has 15 nitrogen and oxygen atoms in total. The topological polar surface area (TPSA) is 194 Å². The zero-order valence-electron chi connectivity index (χ0n) is 30.2. The largest absolute Gasteiger partial charge is 0.452 e. The number of hydrogen-bond acceptors (Lipinski definition) is 12. The number of hydrogen-bond donors (Lipinski definition) is 3. The molecule has 3 amide bonds. The first-order valence-corrected chi connectivity index (χ1v) is 16.7. The summed E-state index contributed by atoms with van der Waals surface area (Å²) in [6, 6.07) is 0. The van der Waals surface area contributed by atoms with E-state index in [1.165, 1.54) is 20.8 Å². The van der Waals surface area contributed by atoms with Crippen molar-refractivity contribution >= 4 is 35.6 Å². The SMILES string of the molecule is C=C(C)C(=O)OCC(=O)NCCCOCCC(CC)(CCOCCCNC(=O)COC(=O)C(=C)C)COCCCNC(=O)COC(=O)C(=C)C. The van der Waals surface area contributed by atoms with Gasteiger partial charge in [-0.1, -0.05) is 26.7 Å². The Morgan fingerprint density at radius 1 is 0.520 bits per heavy atom. The van der Waals surface area contributed by atoms with Crippen LogP contribution in [0.15, 0.2) is 36.5 Å². The van der Waals surface area contributed by atoms with E-state index in [1.807, 2.05) is 0 Å². The molecule has 0 atom stereocenters. The van der Waals surface area contributed by atoms with Crippen LogP contribution >= 0.6 is 0 Å². The highest BCUT2D eigenvalue weighted by atomic mass is 16.5. The Kier molecular flexibility index (Phi) is 25.4. The highest BCUT2D eigenvalue weighted by molar-refractivity contribution is 5.90. The summed E-state index contributed by atoms with van der Waals surface area (Å²) in [6.45, 7) is 19.6. The van der Waals surface area contributed by atoms with Gasteiger partial charge in [0.25, 0.3) is 17.7 Å². The van der Waals surface area contributed by atoms with Crippen molar-refractivity contribution in [1.82, 2.24) is 16.0 Å².